The average molecular weight is 381 g/mol. The van der Waals surface area contributed by atoms with E-state index < -0.39 is 0 Å². The van der Waals surface area contributed by atoms with Gasteiger partial charge in [0.05, 0.1) is 0 Å². The van der Waals surface area contributed by atoms with Crippen LogP contribution in [0.5, 0.6) is 11.5 Å². The number of para-hydroxylation sites is 1. The van der Waals surface area contributed by atoms with Gasteiger partial charge in [-0.1, -0.05) is 18.2 Å². The highest BCUT2D eigenvalue weighted by Gasteiger charge is 2.27. The van der Waals surface area contributed by atoms with Gasteiger partial charge in [0.2, 0.25) is 5.91 Å². The van der Waals surface area contributed by atoms with Crippen molar-refractivity contribution in [3.8, 4) is 11.5 Å². The minimum Gasteiger partial charge on any atom is -0.457 e. The Morgan fingerprint density at radius 1 is 0.964 bits per heavy atom. The summed E-state index contributed by atoms with van der Waals surface area (Å²) in [5.74, 6) is 1.41. The number of amides is 3. The Kier molecular flexibility index (Phi) is 6.53. The van der Waals surface area contributed by atoms with E-state index in [9.17, 15) is 9.59 Å². The lowest BCUT2D eigenvalue weighted by atomic mass is 9.96. The van der Waals surface area contributed by atoms with Crippen LogP contribution in [-0.4, -0.2) is 36.0 Å². The molecule has 3 rings (SSSR count). The summed E-state index contributed by atoms with van der Waals surface area (Å²) < 4.78 is 5.76. The van der Waals surface area contributed by atoms with Gasteiger partial charge in [0.1, 0.15) is 11.5 Å². The van der Waals surface area contributed by atoms with Gasteiger partial charge in [-0.2, -0.15) is 0 Å². The van der Waals surface area contributed by atoms with Crippen molar-refractivity contribution < 1.29 is 14.3 Å². The molecule has 1 saturated heterocycles. The molecule has 0 aliphatic carbocycles. The standard InChI is InChI=1S/C22H27N3O3/c1-16(2)23-22(27)25-14-12-17(13-15-25)21(26)24-18-8-10-20(11-9-18)28-19-6-4-3-5-7-19/h3-11,16-17H,12-15H2,1-2H3,(H,23,27)(H,24,26). The van der Waals surface area contributed by atoms with Gasteiger partial charge in [-0.25, -0.2) is 4.79 Å². The van der Waals surface area contributed by atoms with Crippen LogP contribution in [0.2, 0.25) is 0 Å². The van der Waals surface area contributed by atoms with Crippen LogP contribution in [-0.2, 0) is 4.79 Å². The fraction of sp³-hybridized carbons (Fsp3) is 0.364. The number of anilines is 1. The number of hydrogen-bond donors (Lipinski definition) is 2. The predicted molar refractivity (Wildman–Crippen MR) is 110 cm³/mol. The number of carbonyl (C=O) groups is 2. The molecule has 0 aromatic heterocycles. The minimum atomic E-state index is -0.0802. The monoisotopic (exact) mass is 381 g/mol. The molecule has 0 saturated carbocycles. The summed E-state index contributed by atoms with van der Waals surface area (Å²) >= 11 is 0. The third kappa shape index (κ3) is 5.49. The Hall–Kier alpha value is -3.02. The van der Waals surface area contributed by atoms with Crippen molar-refractivity contribution >= 4 is 17.6 Å². The van der Waals surface area contributed by atoms with Crippen molar-refractivity contribution in [3.63, 3.8) is 0 Å². The Morgan fingerprint density at radius 2 is 1.57 bits per heavy atom. The van der Waals surface area contributed by atoms with E-state index >= 15 is 0 Å². The van der Waals surface area contributed by atoms with E-state index in [1.165, 1.54) is 0 Å². The first-order valence-electron chi connectivity index (χ1n) is 9.70. The molecule has 148 valence electrons. The van der Waals surface area contributed by atoms with E-state index in [1.54, 1.807) is 4.90 Å². The average Bonchev–Trinajstić information content (AvgIpc) is 2.70. The number of benzene rings is 2. The summed E-state index contributed by atoms with van der Waals surface area (Å²) in [5, 5.41) is 5.86. The van der Waals surface area contributed by atoms with Crippen LogP contribution in [0.4, 0.5) is 10.5 Å². The molecule has 1 aliphatic rings. The van der Waals surface area contributed by atoms with E-state index in [2.05, 4.69) is 10.6 Å². The maximum Gasteiger partial charge on any atom is 0.317 e. The minimum absolute atomic E-state index is 0.000598. The van der Waals surface area contributed by atoms with E-state index in [4.69, 9.17) is 4.74 Å². The molecular weight excluding hydrogens is 354 g/mol. The van der Waals surface area contributed by atoms with Crippen molar-refractivity contribution in [1.29, 1.82) is 0 Å². The number of carbonyl (C=O) groups excluding carboxylic acids is 2. The fourth-order valence-electron chi connectivity index (χ4n) is 3.16. The lowest BCUT2D eigenvalue weighted by Gasteiger charge is -2.32. The molecule has 2 aromatic rings. The fourth-order valence-corrected chi connectivity index (χ4v) is 3.16. The number of rotatable bonds is 5. The molecule has 0 unspecified atom stereocenters. The molecule has 0 bridgehead atoms. The van der Waals surface area contributed by atoms with Crippen LogP contribution in [0, 0.1) is 5.92 Å². The molecule has 0 radical (unpaired) electrons. The van der Waals surface area contributed by atoms with Crippen LogP contribution in [0.3, 0.4) is 0 Å². The lowest BCUT2D eigenvalue weighted by molar-refractivity contribution is -0.121. The second-order valence-electron chi connectivity index (χ2n) is 7.29. The molecule has 2 N–H and O–H groups in total. The van der Waals surface area contributed by atoms with Gasteiger partial charge in [-0.05, 0) is 63.1 Å². The van der Waals surface area contributed by atoms with Crippen molar-refractivity contribution in [2.24, 2.45) is 5.92 Å². The number of urea groups is 1. The first kappa shape index (κ1) is 19.7. The van der Waals surface area contributed by atoms with Crippen LogP contribution in [0.25, 0.3) is 0 Å². The Balaban J connectivity index is 1.48. The zero-order chi connectivity index (χ0) is 19.9. The first-order chi connectivity index (χ1) is 13.5. The summed E-state index contributed by atoms with van der Waals surface area (Å²) in [5.41, 5.74) is 0.741. The van der Waals surface area contributed by atoms with E-state index in [1.807, 2.05) is 68.4 Å². The topological polar surface area (TPSA) is 70.7 Å². The molecule has 2 aromatic carbocycles. The summed E-state index contributed by atoms with van der Waals surface area (Å²) in [7, 11) is 0. The zero-order valence-corrected chi connectivity index (χ0v) is 16.4. The number of piperidine rings is 1. The zero-order valence-electron chi connectivity index (χ0n) is 16.4. The maximum absolute atomic E-state index is 12.5. The Bertz CT molecular complexity index is 782. The Labute approximate surface area is 165 Å². The molecule has 0 spiro atoms. The highest BCUT2D eigenvalue weighted by Crippen LogP contribution is 2.24. The molecule has 1 aliphatic heterocycles. The van der Waals surface area contributed by atoms with Crippen LogP contribution in [0.1, 0.15) is 26.7 Å². The summed E-state index contributed by atoms with van der Waals surface area (Å²) in [6, 6.07) is 17.0. The number of likely N-dealkylation sites (tertiary alicyclic amines) is 1. The molecule has 1 fully saturated rings. The first-order valence-corrected chi connectivity index (χ1v) is 9.70. The normalized spacial score (nSPS) is 14.6. The molecule has 6 nitrogen and oxygen atoms in total. The van der Waals surface area contributed by atoms with Gasteiger partial charge in [0.25, 0.3) is 0 Å². The molecule has 3 amide bonds. The predicted octanol–water partition coefficient (Wildman–Crippen LogP) is 4.25. The van der Waals surface area contributed by atoms with Gasteiger partial charge in [0.15, 0.2) is 0 Å². The Morgan fingerprint density at radius 3 is 2.18 bits per heavy atom. The number of ether oxygens (including phenoxy) is 1. The van der Waals surface area contributed by atoms with E-state index in [0.29, 0.717) is 31.7 Å². The van der Waals surface area contributed by atoms with Crippen molar-refractivity contribution in [3.05, 3.63) is 54.6 Å². The van der Waals surface area contributed by atoms with E-state index in [0.717, 1.165) is 11.4 Å². The summed E-state index contributed by atoms with van der Waals surface area (Å²) in [6.45, 7) is 5.07. The number of hydrogen-bond acceptors (Lipinski definition) is 3. The maximum atomic E-state index is 12.5. The molecular formula is C22H27N3O3. The SMILES string of the molecule is CC(C)NC(=O)N1CCC(C(=O)Nc2ccc(Oc3ccccc3)cc2)CC1. The second kappa shape index (κ2) is 9.26. The van der Waals surface area contributed by atoms with Gasteiger partial charge < -0.3 is 20.3 Å². The quantitative estimate of drug-likeness (QED) is 0.813. The number of nitrogens with zero attached hydrogens (tertiary/aromatic N) is 1. The van der Waals surface area contributed by atoms with Crippen molar-refractivity contribution in [1.82, 2.24) is 10.2 Å². The van der Waals surface area contributed by atoms with Crippen LogP contribution >= 0.6 is 0 Å². The van der Waals surface area contributed by atoms with Crippen LogP contribution < -0.4 is 15.4 Å². The summed E-state index contributed by atoms with van der Waals surface area (Å²) in [6.07, 6.45) is 1.35. The summed E-state index contributed by atoms with van der Waals surface area (Å²) in [4.78, 5) is 26.4. The van der Waals surface area contributed by atoms with Gasteiger partial charge in [-0.15, -0.1) is 0 Å². The third-order valence-electron chi connectivity index (χ3n) is 4.67. The number of nitrogens with one attached hydrogen (secondary N) is 2. The van der Waals surface area contributed by atoms with E-state index in [-0.39, 0.29) is 23.9 Å². The van der Waals surface area contributed by atoms with Gasteiger partial charge in [-0.3, -0.25) is 4.79 Å². The third-order valence-corrected chi connectivity index (χ3v) is 4.67. The van der Waals surface area contributed by atoms with Crippen molar-refractivity contribution in [2.45, 2.75) is 32.7 Å². The largest absolute Gasteiger partial charge is 0.457 e. The molecule has 6 heteroatoms. The molecule has 0 atom stereocenters. The second-order valence-corrected chi connectivity index (χ2v) is 7.29. The van der Waals surface area contributed by atoms with Crippen LogP contribution in [0.15, 0.2) is 54.6 Å². The molecule has 1 heterocycles. The molecule has 28 heavy (non-hydrogen) atoms. The smallest absolute Gasteiger partial charge is 0.317 e. The van der Waals surface area contributed by atoms with Gasteiger partial charge in [0, 0.05) is 30.7 Å². The van der Waals surface area contributed by atoms with Crippen molar-refractivity contribution in [2.75, 3.05) is 18.4 Å². The highest BCUT2D eigenvalue weighted by atomic mass is 16.5. The highest BCUT2D eigenvalue weighted by molar-refractivity contribution is 5.92. The lowest BCUT2D eigenvalue weighted by Crippen LogP contribution is -2.47. The van der Waals surface area contributed by atoms with Gasteiger partial charge >= 0.3 is 6.03 Å².